The van der Waals surface area contributed by atoms with E-state index in [2.05, 4.69) is 40.8 Å². The summed E-state index contributed by atoms with van der Waals surface area (Å²) in [5.41, 5.74) is 40.3. The van der Waals surface area contributed by atoms with E-state index in [1.54, 1.807) is 110 Å². The van der Waals surface area contributed by atoms with Gasteiger partial charge in [0.15, 0.2) is 5.75 Å². The smallest absolute Gasteiger partial charge is 0.340 e. The van der Waals surface area contributed by atoms with Crippen LogP contribution in [0, 0.1) is 20.8 Å². The highest BCUT2D eigenvalue weighted by molar-refractivity contribution is 7.91. The Labute approximate surface area is 661 Å². The van der Waals surface area contributed by atoms with Crippen LogP contribution in [0.2, 0.25) is 0 Å². The average molecular weight is 1550 g/mol. The number of nitrogens with two attached hydrogens (primary N) is 5. The summed E-state index contributed by atoms with van der Waals surface area (Å²) in [7, 11) is -1.64. The number of allylic oxidation sites excluding steroid dienone is 3. The van der Waals surface area contributed by atoms with Crippen molar-refractivity contribution in [3.05, 3.63) is 354 Å². The first-order valence-corrected chi connectivity index (χ1v) is 37.5. The highest BCUT2D eigenvalue weighted by atomic mass is 32.2. The van der Waals surface area contributed by atoms with Gasteiger partial charge < -0.3 is 78.7 Å². The van der Waals surface area contributed by atoms with E-state index in [0.717, 1.165) is 88.5 Å². The van der Waals surface area contributed by atoms with Gasteiger partial charge in [0, 0.05) is 71.1 Å². The molecule has 3 heterocycles. The third-order valence-electron chi connectivity index (χ3n) is 18.5. The van der Waals surface area contributed by atoms with Crippen molar-refractivity contribution in [1.29, 1.82) is 0 Å². The summed E-state index contributed by atoms with van der Waals surface area (Å²) in [4.78, 5) is 23.8. The molecule has 0 aliphatic carbocycles. The fourth-order valence-corrected chi connectivity index (χ4v) is 13.8. The number of aromatic nitrogens is 5. The number of rotatable bonds is 15. The van der Waals surface area contributed by atoms with E-state index in [4.69, 9.17) is 38.9 Å². The number of imidazole rings is 2. The molecule has 21 nitrogen and oxygen atoms in total. The molecule has 0 saturated heterocycles. The minimum atomic E-state index is -3.54. The van der Waals surface area contributed by atoms with Crippen LogP contribution in [0.4, 0.5) is 28.7 Å². The number of pyridine rings is 1. The van der Waals surface area contributed by atoms with E-state index in [-0.39, 0.29) is 49.9 Å². The van der Waals surface area contributed by atoms with Gasteiger partial charge in [-0.2, -0.15) is 0 Å². The lowest BCUT2D eigenvalue weighted by Crippen LogP contribution is -2.03. The number of phenolic OH excluding ortho intramolecular Hbond substituents is 6. The molecule has 12 aromatic carbocycles. The van der Waals surface area contributed by atoms with Gasteiger partial charge in [-0.25, -0.2) is 28.2 Å². The Hall–Kier alpha value is -14.5. The third-order valence-corrected chi connectivity index (χ3v) is 20.3. The van der Waals surface area contributed by atoms with E-state index < -0.39 is 15.8 Å². The van der Waals surface area contributed by atoms with Gasteiger partial charge in [-0.05, 0) is 174 Å². The number of fused-ring (bicyclic) bond motifs is 4. The lowest BCUT2D eigenvalue weighted by Gasteiger charge is -2.15. The van der Waals surface area contributed by atoms with Gasteiger partial charge in [0.25, 0.3) is 0 Å². The van der Waals surface area contributed by atoms with Gasteiger partial charge in [0.05, 0.1) is 44.3 Å². The molecule has 0 radical (unpaired) electrons. The van der Waals surface area contributed by atoms with Crippen molar-refractivity contribution in [3.8, 4) is 40.2 Å². The average Bonchev–Trinajstić information content (AvgIpc) is 1.07. The Morgan fingerprint density at radius 2 is 0.982 bits per heavy atom. The molecule has 15 rings (SSSR count). The van der Waals surface area contributed by atoms with Crippen molar-refractivity contribution in [2.75, 3.05) is 28.7 Å². The Bertz CT molecular complexity index is 5960. The van der Waals surface area contributed by atoms with Gasteiger partial charge in [0.1, 0.15) is 45.9 Å². The van der Waals surface area contributed by atoms with Crippen molar-refractivity contribution in [1.82, 2.24) is 24.1 Å². The van der Waals surface area contributed by atoms with Crippen LogP contribution in [0.25, 0.3) is 43.5 Å². The number of hydrogen-bond acceptors (Lipinski definition) is 18. The molecule has 15 aromatic rings. The Morgan fingerprint density at radius 1 is 0.474 bits per heavy atom. The maximum atomic E-state index is 12.2. The molecule has 0 unspecified atom stereocenters. The lowest BCUT2D eigenvalue weighted by molar-refractivity contribution is 0.0695. The molecule has 0 fully saturated rings. The van der Waals surface area contributed by atoms with Crippen LogP contribution in [0.5, 0.6) is 40.2 Å². The van der Waals surface area contributed by atoms with E-state index in [0.29, 0.717) is 89.7 Å². The molecule has 0 atom stereocenters. The molecule has 3 aromatic heterocycles. The molecule has 0 aliphatic heterocycles. The minimum absolute atomic E-state index is 0.0851. The third kappa shape index (κ3) is 20.9. The predicted octanol–water partition coefficient (Wildman–Crippen LogP) is 17.5. The lowest BCUT2D eigenvalue weighted by atomic mass is 9.92. The van der Waals surface area contributed by atoms with Crippen molar-refractivity contribution in [2.24, 2.45) is 7.05 Å². The molecular formula is C92H92N10O11S. The standard InChI is InChI=1S/C29H30O3.C15H14N2O.C12H12N2O2S.C11H9NO3.C10H9NO.C8H9N3.C7H9NO/c1-4-9-21-12-7-14-24(27(21)30)17-20-16-23(11-6-3)29(32)26(18-20)19-25-15-8-13-22(10-5-2)28(25)31;1-11-16-8-9-17(11)10-14-13-5-3-2-4-12(13)6-7-15(14)18;13-9-3-1-5-11(7-9)17(15,16)12-6-2-4-10(14)8-12;1-6-10(13)9(11(14)15)7-4-2-3-5-8(7)12-6;11-9-5-1-4-8-7(9)3-2-6-10(8)12;1-11-7-5-3-2-4-6(7)10-8(11)9;1-5-3-2-4-6(9)7(5)8/h4-8,12-16,18,30-32H,1-3,9-11,17,19H2;2-9,18H,10H2,1H3;1-8H,13-14H2;2-5,13H,1H3,(H,14,15);1-6,12H,11H2;2-5H,1H3,(H2,9,10);2-4,9H,8H2,1H3. The largest absolute Gasteiger partial charge is 0.508 e. The van der Waals surface area contributed by atoms with E-state index in [1.807, 2.05) is 164 Å². The van der Waals surface area contributed by atoms with Crippen molar-refractivity contribution in [3.63, 3.8) is 0 Å². The number of phenols is 6. The molecule has 0 saturated carbocycles. The van der Waals surface area contributed by atoms with Crippen molar-refractivity contribution < 1.29 is 54.1 Å². The monoisotopic (exact) mass is 1540 g/mol. The normalized spacial score (nSPS) is 10.6. The first-order chi connectivity index (χ1) is 54.6. The number of carboxylic acids is 1. The summed E-state index contributed by atoms with van der Waals surface area (Å²) in [5, 5.41) is 83.7. The number of anilines is 5. The van der Waals surface area contributed by atoms with Gasteiger partial charge in [-0.15, -0.1) is 19.7 Å². The Kier molecular flexibility index (Phi) is 28.4. The van der Waals surface area contributed by atoms with Crippen LogP contribution in [0.3, 0.4) is 0 Å². The van der Waals surface area contributed by atoms with Crippen LogP contribution < -0.4 is 28.7 Å². The first-order valence-electron chi connectivity index (χ1n) is 36.0. The van der Waals surface area contributed by atoms with Crippen molar-refractivity contribution >= 4 is 88.0 Å². The summed E-state index contributed by atoms with van der Waals surface area (Å²) >= 11 is 0. The fraction of sp³-hybridized carbons (Fsp3) is 0.109. The Balaban J connectivity index is 0.000000159. The molecular weight excluding hydrogens is 1450 g/mol. The molecule has 0 bridgehead atoms. The molecule has 0 spiro atoms. The summed E-state index contributed by atoms with van der Waals surface area (Å²) in [6.07, 6.45) is 11.6. The fourth-order valence-electron chi connectivity index (χ4n) is 12.4. The number of benzene rings is 12. The first kappa shape index (κ1) is 83.5. The van der Waals surface area contributed by atoms with Crippen LogP contribution in [-0.2, 0) is 55.5 Å². The van der Waals surface area contributed by atoms with E-state index in [1.165, 1.54) is 24.3 Å². The molecule has 0 aliphatic rings. The summed E-state index contributed by atoms with van der Waals surface area (Å²) in [5.74, 6) is 1.60. The topological polar surface area (TPSA) is 392 Å². The maximum Gasteiger partial charge on any atom is 0.340 e. The summed E-state index contributed by atoms with van der Waals surface area (Å²) < 4.78 is 28.4. The minimum Gasteiger partial charge on any atom is -0.508 e. The van der Waals surface area contributed by atoms with Gasteiger partial charge >= 0.3 is 5.97 Å². The summed E-state index contributed by atoms with van der Waals surface area (Å²) in [6, 6.07) is 70.2. The second-order valence-corrected chi connectivity index (χ2v) is 28.4. The van der Waals surface area contributed by atoms with Crippen LogP contribution in [-0.4, -0.2) is 79.3 Å². The zero-order valence-electron chi connectivity index (χ0n) is 63.6. The quantitative estimate of drug-likeness (QED) is 0.0257. The second-order valence-electron chi connectivity index (χ2n) is 26.5. The van der Waals surface area contributed by atoms with Crippen LogP contribution >= 0.6 is 0 Å². The van der Waals surface area contributed by atoms with Crippen molar-refractivity contribution in [2.45, 2.75) is 69.2 Å². The number of para-hydroxylation sites is 6. The predicted molar refractivity (Wildman–Crippen MR) is 458 cm³/mol. The zero-order chi connectivity index (χ0) is 82.3. The van der Waals surface area contributed by atoms with Gasteiger partial charge in [-0.1, -0.05) is 176 Å². The number of hydrogen-bond donors (Lipinski definition) is 13. The van der Waals surface area contributed by atoms with E-state index >= 15 is 0 Å². The number of carboxylic acid groups (broad SMARTS) is 1. The van der Waals surface area contributed by atoms with Gasteiger partial charge in [0.2, 0.25) is 15.8 Å². The van der Waals surface area contributed by atoms with Gasteiger partial charge in [-0.3, -0.25) is 0 Å². The molecule has 22 heteroatoms. The summed E-state index contributed by atoms with van der Waals surface area (Å²) in [6.45, 7) is 17.3. The highest BCUT2D eigenvalue weighted by Gasteiger charge is 2.21. The number of sulfone groups is 1. The maximum absolute atomic E-state index is 12.2. The number of aromatic hydroxyl groups is 7. The van der Waals surface area contributed by atoms with Crippen LogP contribution in [0.1, 0.15) is 71.9 Å². The molecule has 0 amide bonds. The number of carbonyl (C=O) groups is 1. The zero-order valence-corrected chi connectivity index (χ0v) is 64.4. The molecule has 114 heavy (non-hydrogen) atoms. The molecule has 582 valence electrons. The number of nitrogens with zero attached hydrogens (tertiary/aromatic N) is 5. The molecule has 18 N–H and O–H groups in total. The highest BCUT2D eigenvalue weighted by Crippen LogP contribution is 2.36. The number of nitrogen functional groups attached to an aromatic ring is 5. The second kappa shape index (κ2) is 38.7. The Morgan fingerprint density at radius 3 is 1.56 bits per heavy atom. The SMILES string of the molecule is C=CCc1cccc(Cc2cc(CC=C)c(O)c(Cc3cccc(CC=C)c3O)c2)c1O.Cc1cccc(O)c1N.Cc1nc2ccccc2c(C(=O)O)c1O.Cc1nccn1Cc1c(O)ccc2ccccc12.Cn1c(N)nc2ccccc21.Nc1cccc(S(=O)(=O)c2cccc(N)c2)c1.Nc1cccc2c(O)cccc12. The number of aromatic carboxylic acids is 1. The van der Waals surface area contributed by atoms with E-state index in [9.17, 15) is 43.9 Å². The number of aryl methyl sites for hydroxylation is 4. The van der Waals surface area contributed by atoms with Crippen LogP contribution in [0.15, 0.2) is 297 Å².